The van der Waals surface area contributed by atoms with Gasteiger partial charge in [0.2, 0.25) is 10.0 Å². The number of hydrogen-bond acceptors (Lipinski definition) is 3. The van der Waals surface area contributed by atoms with Crippen molar-refractivity contribution in [2.45, 2.75) is 31.1 Å². The lowest BCUT2D eigenvalue weighted by Gasteiger charge is -2.06. The molecule has 1 aromatic carbocycles. The Hall–Kier alpha value is -1.40. The molecule has 2 N–H and O–H groups in total. The Morgan fingerprint density at radius 2 is 1.89 bits per heavy atom. The van der Waals surface area contributed by atoms with Crippen molar-refractivity contribution in [1.29, 1.82) is 0 Å². The number of rotatable bonds is 7. The zero-order valence-electron chi connectivity index (χ0n) is 10.2. The Morgan fingerprint density at radius 1 is 1.28 bits per heavy atom. The van der Waals surface area contributed by atoms with Gasteiger partial charge in [-0.3, -0.25) is 4.79 Å². The highest BCUT2D eigenvalue weighted by Crippen LogP contribution is 2.11. The quantitative estimate of drug-likeness (QED) is 0.785. The van der Waals surface area contributed by atoms with Gasteiger partial charge < -0.3 is 5.11 Å². The lowest BCUT2D eigenvalue weighted by atomic mass is 10.1. The third-order valence-corrected chi connectivity index (χ3v) is 3.88. The van der Waals surface area contributed by atoms with E-state index >= 15 is 0 Å². The fourth-order valence-corrected chi connectivity index (χ4v) is 2.54. The highest BCUT2D eigenvalue weighted by atomic mass is 32.2. The van der Waals surface area contributed by atoms with Gasteiger partial charge in [0, 0.05) is 13.0 Å². The molecule has 1 rings (SSSR count). The molecule has 0 saturated heterocycles. The molecule has 0 heterocycles. The summed E-state index contributed by atoms with van der Waals surface area (Å²) in [5.74, 6) is -0.865. The molecule has 0 unspecified atom stereocenters. The van der Waals surface area contributed by atoms with Crippen LogP contribution in [0.3, 0.4) is 0 Å². The van der Waals surface area contributed by atoms with Crippen LogP contribution in [0.1, 0.15) is 25.3 Å². The van der Waals surface area contributed by atoms with Crippen molar-refractivity contribution in [3.8, 4) is 0 Å². The van der Waals surface area contributed by atoms with Crippen molar-refractivity contribution < 1.29 is 18.3 Å². The number of hydrogen-bond donors (Lipinski definition) is 2. The van der Waals surface area contributed by atoms with Crippen molar-refractivity contribution >= 4 is 16.0 Å². The Labute approximate surface area is 107 Å². The maximum absolute atomic E-state index is 11.8. The number of carbonyl (C=O) groups is 1. The summed E-state index contributed by atoms with van der Waals surface area (Å²) in [6, 6.07) is 6.28. The van der Waals surface area contributed by atoms with E-state index in [1.807, 2.05) is 6.92 Å². The second-order valence-corrected chi connectivity index (χ2v) is 5.70. The highest BCUT2D eigenvalue weighted by Gasteiger charge is 2.12. The highest BCUT2D eigenvalue weighted by molar-refractivity contribution is 7.89. The standard InChI is InChI=1S/C12H17NO4S/c1-2-9-13-18(16,17)11-6-3-10(4-7-11)5-8-12(14)15/h3-4,6-7,13H,2,5,8-9H2,1H3,(H,14,15). The molecule has 1 aromatic rings. The molecule has 100 valence electrons. The third kappa shape index (κ3) is 4.46. The van der Waals surface area contributed by atoms with E-state index in [0.29, 0.717) is 13.0 Å². The van der Waals surface area contributed by atoms with Crippen LogP contribution in [-0.2, 0) is 21.2 Å². The fourth-order valence-electron chi connectivity index (χ4n) is 1.41. The predicted molar refractivity (Wildman–Crippen MR) is 67.9 cm³/mol. The Bertz CT molecular complexity index is 493. The summed E-state index contributed by atoms with van der Waals surface area (Å²) in [5.41, 5.74) is 0.812. The summed E-state index contributed by atoms with van der Waals surface area (Å²) < 4.78 is 26.0. The third-order valence-electron chi connectivity index (χ3n) is 2.40. The van der Waals surface area contributed by atoms with Crippen LogP contribution >= 0.6 is 0 Å². The molecule has 0 atom stereocenters. The second kappa shape index (κ2) is 6.51. The van der Waals surface area contributed by atoms with Crippen LogP contribution in [0.15, 0.2) is 29.2 Å². The minimum atomic E-state index is -3.44. The molecule has 0 fully saturated rings. The lowest BCUT2D eigenvalue weighted by Crippen LogP contribution is -2.24. The van der Waals surface area contributed by atoms with E-state index in [4.69, 9.17) is 5.11 Å². The topological polar surface area (TPSA) is 83.5 Å². The van der Waals surface area contributed by atoms with Gasteiger partial charge in [-0.1, -0.05) is 19.1 Å². The first kappa shape index (κ1) is 14.7. The number of sulfonamides is 1. The molecular formula is C12H17NO4S. The summed E-state index contributed by atoms with van der Waals surface area (Å²) >= 11 is 0. The lowest BCUT2D eigenvalue weighted by molar-refractivity contribution is -0.136. The molecule has 0 aliphatic rings. The van der Waals surface area contributed by atoms with E-state index in [2.05, 4.69) is 4.72 Å². The normalized spacial score (nSPS) is 11.4. The van der Waals surface area contributed by atoms with Crippen LogP contribution in [0.2, 0.25) is 0 Å². The molecule has 0 saturated carbocycles. The van der Waals surface area contributed by atoms with Gasteiger partial charge in [-0.05, 0) is 30.5 Å². The van der Waals surface area contributed by atoms with E-state index < -0.39 is 16.0 Å². The zero-order valence-corrected chi connectivity index (χ0v) is 11.0. The van der Waals surface area contributed by atoms with Crippen molar-refractivity contribution in [1.82, 2.24) is 4.72 Å². The number of carboxylic acids is 1. The zero-order chi connectivity index (χ0) is 13.6. The molecular weight excluding hydrogens is 254 g/mol. The minimum Gasteiger partial charge on any atom is -0.481 e. The summed E-state index contributed by atoms with van der Waals surface area (Å²) in [6.07, 6.45) is 1.17. The van der Waals surface area contributed by atoms with Gasteiger partial charge in [-0.2, -0.15) is 0 Å². The van der Waals surface area contributed by atoms with Gasteiger partial charge in [0.15, 0.2) is 0 Å². The van der Waals surface area contributed by atoms with Gasteiger partial charge in [0.25, 0.3) is 0 Å². The predicted octanol–water partition coefficient (Wildman–Crippen LogP) is 1.39. The number of aryl methyl sites for hydroxylation is 1. The van der Waals surface area contributed by atoms with Crippen LogP contribution in [0.5, 0.6) is 0 Å². The van der Waals surface area contributed by atoms with Crippen LogP contribution < -0.4 is 4.72 Å². The van der Waals surface area contributed by atoms with Crippen LogP contribution in [-0.4, -0.2) is 26.0 Å². The second-order valence-electron chi connectivity index (χ2n) is 3.94. The average Bonchev–Trinajstić information content (AvgIpc) is 2.34. The number of aliphatic carboxylic acids is 1. The first-order chi connectivity index (χ1) is 8.45. The average molecular weight is 271 g/mol. The molecule has 0 spiro atoms. The van der Waals surface area contributed by atoms with Gasteiger partial charge >= 0.3 is 5.97 Å². The van der Waals surface area contributed by atoms with E-state index in [0.717, 1.165) is 12.0 Å². The SMILES string of the molecule is CCCNS(=O)(=O)c1ccc(CCC(=O)O)cc1. The van der Waals surface area contributed by atoms with E-state index in [9.17, 15) is 13.2 Å². The smallest absolute Gasteiger partial charge is 0.303 e. The fraction of sp³-hybridized carbons (Fsp3) is 0.417. The number of nitrogens with one attached hydrogen (secondary N) is 1. The minimum absolute atomic E-state index is 0.0418. The van der Waals surface area contributed by atoms with Crippen molar-refractivity contribution in [2.75, 3.05) is 6.54 Å². The summed E-state index contributed by atoms with van der Waals surface area (Å²) in [4.78, 5) is 10.6. The van der Waals surface area contributed by atoms with E-state index in [1.165, 1.54) is 12.1 Å². The Balaban J connectivity index is 2.73. The van der Waals surface area contributed by atoms with Crippen molar-refractivity contribution in [3.63, 3.8) is 0 Å². The monoisotopic (exact) mass is 271 g/mol. The van der Waals surface area contributed by atoms with E-state index in [1.54, 1.807) is 12.1 Å². The molecule has 0 aliphatic heterocycles. The molecule has 0 radical (unpaired) electrons. The molecule has 0 aliphatic carbocycles. The largest absolute Gasteiger partial charge is 0.481 e. The maximum Gasteiger partial charge on any atom is 0.303 e. The molecule has 5 nitrogen and oxygen atoms in total. The summed E-state index contributed by atoms with van der Waals surface area (Å²) in [7, 11) is -3.44. The van der Waals surface area contributed by atoms with Gasteiger partial charge in [0.1, 0.15) is 0 Å². The molecule has 0 bridgehead atoms. The summed E-state index contributed by atoms with van der Waals surface area (Å²) in [5, 5.41) is 8.55. The van der Waals surface area contributed by atoms with Crippen molar-refractivity contribution in [2.24, 2.45) is 0 Å². The van der Waals surface area contributed by atoms with Crippen molar-refractivity contribution in [3.05, 3.63) is 29.8 Å². The first-order valence-corrected chi connectivity index (χ1v) is 7.24. The van der Waals surface area contributed by atoms with Gasteiger partial charge in [-0.25, -0.2) is 13.1 Å². The molecule has 18 heavy (non-hydrogen) atoms. The summed E-state index contributed by atoms with van der Waals surface area (Å²) in [6.45, 7) is 2.29. The number of carboxylic acid groups (broad SMARTS) is 1. The van der Waals surface area contributed by atoms with Gasteiger partial charge in [0.05, 0.1) is 4.90 Å². The Kier molecular flexibility index (Phi) is 5.30. The van der Waals surface area contributed by atoms with Crippen LogP contribution in [0.25, 0.3) is 0 Å². The van der Waals surface area contributed by atoms with Gasteiger partial charge in [-0.15, -0.1) is 0 Å². The first-order valence-electron chi connectivity index (χ1n) is 5.76. The molecule has 6 heteroatoms. The number of benzene rings is 1. The molecule has 0 aromatic heterocycles. The maximum atomic E-state index is 11.8. The van der Waals surface area contributed by atoms with E-state index in [-0.39, 0.29) is 11.3 Å². The van der Waals surface area contributed by atoms with Crippen LogP contribution in [0, 0.1) is 0 Å². The Morgan fingerprint density at radius 3 is 2.39 bits per heavy atom. The molecule has 0 amide bonds. The van der Waals surface area contributed by atoms with Crippen LogP contribution in [0.4, 0.5) is 0 Å².